The summed E-state index contributed by atoms with van der Waals surface area (Å²) in [6, 6.07) is 4.69. The molecule has 0 saturated heterocycles. The fourth-order valence-electron chi connectivity index (χ4n) is 0.972. The van der Waals surface area contributed by atoms with E-state index in [4.69, 9.17) is 0 Å². The molecule has 0 saturated carbocycles. The maximum absolute atomic E-state index is 11.1. The van der Waals surface area contributed by atoms with Crippen LogP contribution in [-0.2, 0) is 4.84 Å². The Bertz CT molecular complexity index is 390. The molecule has 0 heterocycles. The number of nitrogens with zero attached hydrogens (tertiary/aromatic N) is 1. The van der Waals surface area contributed by atoms with Crippen LogP contribution in [0.4, 0.5) is 5.69 Å². The van der Waals surface area contributed by atoms with Crippen molar-refractivity contribution < 1.29 is 14.6 Å². The molecule has 0 aromatic heterocycles. The lowest BCUT2D eigenvalue weighted by Crippen LogP contribution is -2.00. The number of hydrogen-bond acceptors (Lipinski definition) is 3. The van der Waals surface area contributed by atoms with E-state index in [0.29, 0.717) is 20.6 Å². The van der Waals surface area contributed by atoms with Gasteiger partial charge in [0, 0.05) is 11.6 Å². The van der Waals surface area contributed by atoms with Crippen molar-refractivity contribution in [3.8, 4) is 0 Å². The second-order valence-corrected chi connectivity index (χ2v) is 3.52. The van der Waals surface area contributed by atoms with Gasteiger partial charge in [-0.1, -0.05) is 0 Å². The van der Waals surface area contributed by atoms with Crippen LogP contribution in [-0.4, -0.2) is 17.8 Å². The molecular weight excluding hydrogens is 250 g/mol. The molecule has 0 spiro atoms. The third kappa shape index (κ3) is 2.17. The first-order valence-corrected chi connectivity index (χ1v) is 4.67. The fraction of sp³-hybridized carbons (Fsp3) is 0.222. The number of Topliss-reactive ketones (excluding diaryl/α,β-unsaturated/α-hetero) is 1. The van der Waals surface area contributed by atoms with E-state index in [2.05, 4.69) is 20.8 Å². The highest BCUT2D eigenvalue weighted by Gasteiger charge is 2.19. The number of ketones is 1. The number of hydrogen-bond donors (Lipinski definition) is 0. The molecule has 0 radical (unpaired) electrons. The predicted molar refractivity (Wildman–Crippen MR) is 54.4 cm³/mol. The van der Waals surface area contributed by atoms with Crippen LogP contribution in [0.1, 0.15) is 17.3 Å². The third-order valence-electron chi connectivity index (χ3n) is 1.72. The zero-order valence-electron chi connectivity index (χ0n) is 7.78. The summed E-state index contributed by atoms with van der Waals surface area (Å²) in [6.45, 7) is 1.47. The van der Waals surface area contributed by atoms with Gasteiger partial charge in [0.05, 0.1) is 4.91 Å². The van der Waals surface area contributed by atoms with E-state index in [1.54, 1.807) is 12.1 Å². The average Bonchev–Trinajstić information content (AvgIpc) is 2.16. The second kappa shape index (κ2) is 4.32. The van der Waals surface area contributed by atoms with Crippen LogP contribution in [0.2, 0.25) is 0 Å². The third-order valence-corrected chi connectivity index (χ3v) is 2.35. The van der Waals surface area contributed by atoms with Crippen LogP contribution in [0.25, 0.3) is 0 Å². The summed E-state index contributed by atoms with van der Waals surface area (Å²) in [7, 11) is 1.28. The maximum Gasteiger partial charge on any atom is 0.330 e. The van der Waals surface area contributed by atoms with Crippen molar-refractivity contribution in [1.82, 2.24) is 0 Å². The van der Waals surface area contributed by atoms with Gasteiger partial charge in [0.25, 0.3) is 4.92 Å². The van der Waals surface area contributed by atoms with E-state index in [1.807, 2.05) is 0 Å². The normalized spacial score (nSPS) is 9.64. The average molecular weight is 259 g/mol. The summed E-state index contributed by atoms with van der Waals surface area (Å²) in [5.41, 5.74) is 0.877. The highest BCUT2D eigenvalue weighted by molar-refractivity contribution is 9.10. The van der Waals surface area contributed by atoms with Crippen molar-refractivity contribution in [2.45, 2.75) is 6.92 Å². The van der Waals surface area contributed by atoms with E-state index in [9.17, 15) is 9.70 Å². The van der Waals surface area contributed by atoms with Gasteiger partial charge in [-0.15, -0.1) is 0 Å². The van der Waals surface area contributed by atoms with Gasteiger partial charge >= 0.3 is 5.69 Å². The lowest BCUT2D eigenvalue weighted by atomic mass is 10.1. The van der Waals surface area contributed by atoms with Crippen molar-refractivity contribution >= 4 is 27.4 Å². The minimum atomic E-state index is -0.0490. The van der Waals surface area contributed by atoms with Crippen LogP contribution >= 0.6 is 15.9 Å². The molecule has 4 nitrogen and oxygen atoms in total. The van der Waals surface area contributed by atoms with Crippen molar-refractivity contribution in [1.29, 1.82) is 0 Å². The Morgan fingerprint density at radius 3 is 2.57 bits per heavy atom. The molecule has 0 atom stereocenters. The number of rotatable bonds is 3. The van der Waals surface area contributed by atoms with Crippen LogP contribution in [0.5, 0.6) is 0 Å². The first kappa shape index (κ1) is 10.8. The molecule has 1 aromatic rings. The fourth-order valence-corrected chi connectivity index (χ4v) is 1.50. The zero-order chi connectivity index (χ0) is 10.7. The molecule has 0 fully saturated rings. The summed E-state index contributed by atoms with van der Waals surface area (Å²) in [4.78, 5) is 26.9. The molecule has 0 aliphatic carbocycles. The summed E-state index contributed by atoms with van der Waals surface area (Å²) >= 11 is 3.18. The van der Waals surface area contributed by atoms with Crippen molar-refractivity contribution in [2.75, 3.05) is 7.11 Å². The topological polar surface area (TPSA) is 46.4 Å². The first-order valence-electron chi connectivity index (χ1n) is 3.88. The van der Waals surface area contributed by atoms with E-state index in [1.165, 1.54) is 20.1 Å². The zero-order valence-corrected chi connectivity index (χ0v) is 9.37. The van der Waals surface area contributed by atoms with E-state index in [0.717, 1.165) is 0 Å². The summed E-state index contributed by atoms with van der Waals surface area (Å²) < 4.78 is 0.530. The second-order valence-electron chi connectivity index (χ2n) is 2.66. The molecule has 1 aromatic carbocycles. The van der Waals surface area contributed by atoms with Gasteiger partial charge in [-0.3, -0.25) is 4.79 Å². The Labute approximate surface area is 89.5 Å². The standard InChI is InChI=1S/C9H9BrNO3/c1-6(12)7-3-4-9(8(10)5-7)11(13)14-2/h3-5H,1-2H3/q+1. The summed E-state index contributed by atoms with van der Waals surface area (Å²) in [5.74, 6) is -0.0490. The Morgan fingerprint density at radius 2 is 2.14 bits per heavy atom. The van der Waals surface area contributed by atoms with Crippen molar-refractivity contribution in [3.63, 3.8) is 0 Å². The van der Waals surface area contributed by atoms with E-state index < -0.39 is 0 Å². The molecule has 0 aliphatic rings. The molecule has 0 bridgehead atoms. The van der Waals surface area contributed by atoms with Gasteiger partial charge < -0.3 is 0 Å². The SMILES string of the molecule is CO[N+](=O)c1ccc(C(C)=O)cc1Br. The highest BCUT2D eigenvalue weighted by atomic mass is 79.9. The summed E-state index contributed by atoms with van der Waals surface area (Å²) in [6.07, 6.45) is 0. The predicted octanol–water partition coefficient (Wildman–Crippen LogP) is 2.62. The molecule has 5 heteroatoms. The lowest BCUT2D eigenvalue weighted by molar-refractivity contribution is -0.737. The Morgan fingerprint density at radius 1 is 1.50 bits per heavy atom. The Hall–Kier alpha value is -1.23. The number of benzene rings is 1. The van der Waals surface area contributed by atoms with Crippen LogP contribution < -0.4 is 0 Å². The van der Waals surface area contributed by atoms with E-state index in [-0.39, 0.29) is 5.78 Å². The highest BCUT2D eigenvalue weighted by Crippen LogP contribution is 2.26. The molecule has 14 heavy (non-hydrogen) atoms. The van der Waals surface area contributed by atoms with Gasteiger partial charge in [0.2, 0.25) is 0 Å². The molecule has 74 valence electrons. The van der Waals surface area contributed by atoms with Gasteiger partial charge in [0.1, 0.15) is 4.47 Å². The van der Waals surface area contributed by atoms with Crippen molar-refractivity contribution in [3.05, 3.63) is 33.1 Å². The summed E-state index contributed by atoms with van der Waals surface area (Å²) in [5, 5.41) is 0. The number of halogens is 1. The number of carbonyl (C=O) groups is 1. The van der Waals surface area contributed by atoms with Crippen molar-refractivity contribution in [2.24, 2.45) is 0 Å². The minimum Gasteiger partial charge on any atom is -0.295 e. The van der Waals surface area contributed by atoms with Gasteiger partial charge in [-0.05, 0) is 35.0 Å². The molecular formula is C9H9BrNO3+. The molecule has 0 aliphatic heterocycles. The number of carbonyl (C=O) groups excluding carboxylic acids is 1. The molecule has 0 amide bonds. The Kier molecular flexibility index (Phi) is 3.35. The first-order chi connectivity index (χ1) is 6.56. The van der Waals surface area contributed by atoms with Gasteiger partial charge in [0.15, 0.2) is 12.9 Å². The molecule has 0 unspecified atom stereocenters. The largest absolute Gasteiger partial charge is 0.330 e. The molecule has 0 N–H and O–H groups in total. The molecule has 1 rings (SSSR count). The quantitative estimate of drug-likeness (QED) is 0.619. The van der Waals surface area contributed by atoms with Gasteiger partial charge in [-0.2, -0.15) is 0 Å². The van der Waals surface area contributed by atoms with Crippen LogP contribution in [0.3, 0.4) is 0 Å². The van der Waals surface area contributed by atoms with Crippen LogP contribution in [0.15, 0.2) is 22.7 Å². The lowest BCUT2D eigenvalue weighted by Gasteiger charge is -1.96. The maximum atomic E-state index is 11.1. The van der Waals surface area contributed by atoms with Gasteiger partial charge in [-0.25, -0.2) is 4.84 Å². The van der Waals surface area contributed by atoms with Crippen LogP contribution in [0, 0.1) is 4.91 Å². The Balaban J connectivity index is 3.14. The smallest absolute Gasteiger partial charge is 0.295 e. The minimum absolute atomic E-state index is 0.0490. The monoisotopic (exact) mass is 258 g/mol. The van der Waals surface area contributed by atoms with E-state index >= 15 is 0 Å².